The van der Waals surface area contributed by atoms with Crippen LogP contribution in [0.15, 0.2) is 18.5 Å². The van der Waals surface area contributed by atoms with E-state index in [4.69, 9.17) is 5.11 Å². The molecule has 0 aliphatic rings. The van der Waals surface area contributed by atoms with E-state index < -0.39 is 0 Å². The van der Waals surface area contributed by atoms with E-state index in [9.17, 15) is 0 Å². The highest BCUT2D eigenvalue weighted by Crippen LogP contribution is 1.96. The van der Waals surface area contributed by atoms with Crippen molar-refractivity contribution < 1.29 is 5.11 Å². The Morgan fingerprint density at radius 2 is 2.18 bits per heavy atom. The Kier molecular flexibility index (Phi) is 2.80. The Morgan fingerprint density at radius 1 is 1.55 bits per heavy atom. The Balaban J connectivity index is 2.51. The normalized spacial score (nSPS) is 12.5. The zero-order chi connectivity index (χ0) is 8.10. The summed E-state index contributed by atoms with van der Waals surface area (Å²) in [7, 11) is 0. The van der Waals surface area contributed by atoms with Crippen LogP contribution in [-0.4, -0.2) is 27.7 Å². The summed E-state index contributed by atoms with van der Waals surface area (Å²) >= 11 is 0. The van der Waals surface area contributed by atoms with Gasteiger partial charge in [0.2, 0.25) is 5.95 Å². The molecule has 1 aromatic heterocycles. The summed E-state index contributed by atoms with van der Waals surface area (Å²) in [6.07, 6.45) is 3.30. The maximum Gasteiger partial charge on any atom is 0.222 e. The van der Waals surface area contributed by atoms with E-state index in [1.165, 1.54) is 0 Å². The Labute approximate surface area is 65.3 Å². The molecular formula is C7H11N3O. The van der Waals surface area contributed by atoms with Crippen LogP contribution in [0.5, 0.6) is 0 Å². The second-order valence-electron chi connectivity index (χ2n) is 2.30. The summed E-state index contributed by atoms with van der Waals surface area (Å²) in [5, 5.41) is 11.6. The van der Waals surface area contributed by atoms with Gasteiger partial charge in [-0.25, -0.2) is 9.97 Å². The fourth-order valence-electron chi connectivity index (χ4n) is 0.640. The van der Waals surface area contributed by atoms with Crippen molar-refractivity contribution in [1.82, 2.24) is 9.97 Å². The molecule has 1 aromatic rings. The summed E-state index contributed by atoms with van der Waals surface area (Å²) in [5.41, 5.74) is 0. The van der Waals surface area contributed by atoms with Gasteiger partial charge in [0.1, 0.15) is 0 Å². The van der Waals surface area contributed by atoms with Gasteiger partial charge in [0.05, 0.1) is 6.61 Å². The molecule has 0 saturated carbocycles. The van der Waals surface area contributed by atoms with Gasteiger partial charge in [0, 0.05) is 18.4 Å². The summed E-state index contributed by atoms with van der Waals surface area (Å²) in [5.74, 6) is 0.550. The largest absolute Gasteiger partial charge is 0.394 e. The molecule has 0 saturated heterocycles. The molecule has 0 fully saturated rings. The van der Waals surface area contributed by atoms with Crippen molar-refractivity contribution in [1.29, 1.82) is 0 Å². The Bertz CT molecular complexity index is 202. The Hall–Kier alpha value is -1.16. The minimum absolute atomic E-state index is 0.00241. The van der Waals surface area contributed by atoms with Crippen LogP contribution >= 0.6 is 0 Å². The van der Waals surface area contributed by atoms with Crippen LogP contribution in [0.25, 0.3) is 0 Å². The van der Waals surface area contributed by atoms with Crippen molar-refractivity contribution in [3.05, 3.63) is 18.5 Å². The highest BCUT2D eigenvalue weighted by Gasteiger charge is 1.99. The molecule has 11 heavy (non-hydrogen) atoms. The average molecular weight is 153 g/mol. The first kappa shape index (κ1) is 7.94. The van der Waals surface area contributed by atoms with Crippen LogP contribution < -0.4 is 5.32 Å². The molecule has 1 heterocycles. The van der Waals surface area contributed by atoms with Crippen molar-refractivity contribution in [2.24, 2.45) is 0 Å². The summed E-state index contributed by atoms with van der Waals surface area (Å²) < 4.78 is 0. The van der Waals surface area contributed by atoms with Crippen molar-refractivity contribution in [3.8, 4) is 0 Å². The van der Waals surface area contributed by atoms with E-state index in [1.807, 2.05) is 6.92 Å². The highest BCUT2D eigenvalue weighted by atomic mass is 16.3. The third-order valence-electron chi connectivity index (χ3n) is 1.22. The van der Waals surface area contributed by atoms with Gasteiger partial charge in [-0.1, -0.05) is 0 Å². The number of hydrogen-bond acceptors (Lipinski definition) is 4. The van der Waals surface area contributed by atoms with E-state index in [0.29, 0.717) is 5.95 Å². The standard InChI is InChI=1S/C7H11N3O/c1-6(5-11)10-7-8-3-2-4-9-7/h2-4,6,11H,5H2,1H3,(H,8,9,10)/t6-/m1/s1. The highest BCUT2D eigenvalue weighted by molar-refractivity contribution is 5.23. The number of aromatic nitrogens is 2. The van der Waals surface area contributed by atoms with Gasteiger partial charge in [0.15, 0.2) is 0 Å². The van der Waals surface area contributed by atoms with Crippen LogP contribution in [0.4, 0.5) is 5.95 Å². The predicted octanol–water partition coefficient (Wildman–Crippen LogP) is 0.269. The number of anilines is 1. The molecule has 4 nitrogen and oxygen atoms in total. The van der Waals surface area contributed by atoms with Gasteiger partial charge in [-0.15, -0.1) is 0 Å². The molecule has 0 amide bonds. The first-order valence-electron chi connectivity index (χ1n) is 3.47. The van der Waals surface area contributed by atoms with Crippen LogP contribution in [0.3, 0.4) is 0 Å². The van der Waals surface area contributed by atoms with Gasteiger partial charge < -0.3 is 10.4 Å². The Morgan fingerprint density at radius 3 is 2.73 bits per heavy atom. The number of nitrogens with one attached hydrogen (secondary N) is 1. The van der Waals surface area contributed by atoms with Gasteiger partial charge in [0.25, 0.3) is 0 Å². The topological polar surface area (TPSA) is 58.0 Å². The molecule has 1 atom stereocenters. The second kappa shape index (κ2) is 3.88. The zero-order valence-electron chi connectivity index (χ0n) is 6.36. The number of nitrogens with zero attached hydrogens (tertiary/aromatic N) is 2. The molecule has 2 N–H and O–H groups in total. The maximum absolute atomic E-state index is 8.68. The molecule has 0 spiro atoms. The fraction of sp³-hybridized carbons (Fsp3) is 0.429. The molecule has 0 aromatic carbocycles. The van der Waals surface area contributed by atoms with E-state index in [1.54, 1.807) is 18.5 Å². The van der Waals surface area contributed by atoms with E-state index in [2.05, 4.69) is 15.3 Å². The van der Waals surface area contributed by atoms with E-state index >= 15 is 0 Å². The third kappa shape index (κ3) is 2.51. The van der Waals surface area contributed by atoms with E-state index in [-0.39, 0.29) is 12.6 Å². The lowest BCUT2D eigenvalue weighted by molar-refractivity contribution is 0.281. The van der Waals surface area contributed by atoms with Crippen LogP contribution in [0.1, 0.15) is 6.92 Å². The lowest BCUT2D eigenvalue weighted by Crippen LogP contribution is -2.20. The van der Waals surface area contributed by atoms with E-state index in [0.717, 1.165) is 0 Å². The number of aliphatic hydroxyl groups is 1. The first-order chi connectivity index (χ1) is 5.33. The van der Waals surface area contributed by atoms with Crippen molar-refractivity contribution in [2.75, 3.05) is 11.9 Å². The molecule has 4 heteroatoms. The molecule has 60 valence electrons. The third-order valence-corrected chi connectivity index (χ3v) is 1.22. The zero-order valence-corrected chi connectivity index (χ0v) is 6.36. The minimum atomic E-state index is -0.00241. The molecule has 0 unspecified atom stereocenters. The van der Waals surface area contributed by atoms with Gasteiger partial charge >= 0.3 is 0 Å². The molecule has 0 bridgehead atoms. The monoisotopic (exact) mass is 153 g/mol. The van der Waals surface area contributed by atoms with Crippen molar-refractivity contribution in [2.45, 2.75) is 13.0 Å². The van der Waals surface area contributed by atoms with Gasteiger partial charge in [-0.2, -0.15) is 0 Å². The summed E-state index contributed by atoms with van der Waals surface area (Å²) in [6, 6.07) is 1.74. The minimum Gasteiger partial charge on any atom is -0.394 e. The lowest BCUT2D eigenvalue weighted by Gasteiger charge is -2.08. The molecule has 0 radical (unpaired) electrons. The number of rotatable bonds is 3. The fourth-order valence-corrected chi connectivity index (χ4v) is 0.640. The molecule has 0 aliphatic carbocycles. The van der Waals surface area contributed by atoms with Crippen LogP contribution in [0.2, 0.25) is 0 Å². The van der Waals surface area contributed by atoms with Crippen molar-refractivity contribution >= 4 is 5.95 Å². The number of aliphatic hydroxyl groups excluding tert-OH is 1. The quantitative estimate of drug-likeness (QED) is 0.654. The van der Waals surface area contributed by atoms with Gasteiger partial charge in [-0.05, 0) is 13.0 Å². The lowest BCUT2D eigenvalue weighted by atomic mass is 10.4. The van der Waals surface area contributed by atoms with Gasteiger partial charge in [-0.3, -0.25) is 0 Å². The van der Waals surface area contributed by atoms with Crippen molar-refractivity contribution in [3.63, 3.8) is 0 Å². The molecular weight excluding hydrogens is 142 g/mol. The predicted molar refractivity (Wildman–Crippen MR) is 42.2 cm³/mol. The van der Waals surface area contributed by atoms with Crippen LogP contribution in [0, 0.1) is 0 Å². The molecule has 0 aliphatic heterocycles. The summed E-state index contributed by atoms with van der Waals surface area (Å²) in [6.45, 7) is 1.94. The maximum atomic E-state index is 8.68. The molecule has 1 rings (SSSR count). The first-order valence-corrected chi connectivity index (χ1v) is 3.47. The SMILES string of the molecule is C[C@H](CO)Nc1ncccn1. The smallest absolute Gasteiger partial charge is 0.222 e. The summed E-state index contributed by atoms with van der Waals surface area (Å²) in [4.78, 5) is 7.87. The van der Waals surface area contributed by atoms with Crippen LogP contribution in [-0.2, 0) is 0 Å². The second-order valence-corrected chi connectivity index (χ2v) is 2.30. The average Bonchev–Trinajstić information content (AvgIpc) is 2.06. The number of hydrogen-bond donors (Lipinski definition) is 2.